The molecule has 1 fully saturated rings. The molecule has 1 saturated heterocycles. The third-order valence-electron chi connectivity index (χ3n) is 3.24. The number of nitrogens with one attached hydrogen (secondary N) is 1. The van der Waals surface area contributed by atoms with Crippen molar-refractivity contribution in [2.24, 2.45) is 0 Å². The first-order valence-corrected chi connectivity index (χ1v) is 6.43. The highest BCUT2D eigenvalue weighted by Gasteiger charge is 2.12. The summed E-state index contributed by atoms with van der Waals surface area (Å²) in [5.41, 5.74) is 3.04. The van der Waals surface area contributed by atoms with Gasteiger partial charge in [-0.3, -0.25) is 0 Å². The topological polar surface area (TPSA) is 51.5 Å². The van der Waals surface area contributed by atoms with E-state index >= 15 is 0 Å². The molecule has 0 aliphatic carbocycles. The highest BCUT2D eigenvalue weighted by atomic mass is 16.5. The second-order valence-corrected chi connectivity index (χ2v) is 4.85. The van der Waals surface area contributed by atoms with E-state index in [4.69, 9.17) is 4.74 Å². The Bertz CT molecular complexity index is 531. The summed E-state index contributed by atoms with van der Waals surface area (Å²) < 4.78 is 7.29. The molecule has 5 nitrogen and oxygen atoms in total. The van der Waals surface area contributed by atoms with Crippen molar-refractivity contribution in [1.29, 1.82) is 0 Å². The Morgan fingerprint density at radius 3 is 3.33 bits per heavy atom. The van der Waals surface area contributed by atoms with Gasteiger partial charge in [0.1, 0.15) is 0 Å². The number of ether oxygens (including phenoxy) is 1. The molecule has 0 aromatic carbocycles. The van der Waals surface area contributed by atoms with Crippen molar-refractivity contribution in [2.75, 3.05) is 13.2 Å². The number of hydrogen-bond acceptors (Lipinski definition) is 4. The lowest BCUT2D eigenvalue weighted by atomic mass is 10.1. The Balaban J connectivity index is 1.66. The molecule has 1 N–H and O–H groups in total. The number of rotatable bonds is 3. The summed E-state index contributed by atoms with van der Waals surface area (Å²) in [6.07, 6.45) is 6.28. The molecule has 18 heavy (non-hydrogen) atoms. The summed E-state index contributed by atoms with van der Waals surface area (Å²) in [6, 6.07) is 2.44. The third kappa shape index (κ3) is 2.52. The van der Waals surface area contributed by atoms with E-state index in [0.29, 0.717) is 6.04 Å². The molecule has 5 heteroatoms. The standard InChI is InChI=1S/C13H18N4O/c1-10-5-13-15-7-11(8-17(13)16-10)6-14-12-3-2-4-18-9-12/h5,7-8,12,14H,2-4,6,9H2,1H3. The number of fused-ring (bicyclic) bond motifs is 1. The predicted molar refractivity (Wildman–Crippen MR) is 68.4 cm³/mol. The van der Waals surface area contributed by atoms with Gasteiger partial charge in [0.05, 0.1) is 12.3 Å². The molecule has 0 saturated carbocycles. The summed E-state index contributed by atoms with van der Waals surface area (Å²) in [5, 5.41) is 7.87. The van der Waals surface area contributed by atoms with Crippen LogP contribution in [0, 0.1) is 6.92 Å². The summed E-state index contributed by atoms with van der Waals surface area (Å²) >= 11 is 0. The minimum absolute atomic E-state index is 0.466. The van der Waals surface area contributed by atoms with Crippen LogP contribution in [0.3, 0.4) is 0 Å². The molecule has 1 unspecified atom stereocenters. The van der Waals surface area contributed by atoms with Crippen LogP contribution in [0.2, 0.25) is 0 Å². The van der Waals surface area contributed by atoms with Crippen molar-refractivity contribution >= 4 is 5.65 Å². The zero-order valence-corrected chi connectivity index (χ0v) is 10.6. The molecule has 1 atom stereocenters. The molecule has 1 aliphatic rings. The maximum Gasteiger partial charge on any atom is 0.155 e. The Kier molecular flexibility index (Phi) is 3.25. The van der Waals surface area contributed by atoms with Gasteiger partial charge in [-0.05, 0) is 19.8 Å². The van der Waals surface area contributed by atoms with Crippen LogP contribution >= 0.6 is 0 Å². The molecule has 0 spiro atoms. The molecule has 96 valence electrons. The molecule has 1 aliphatic heterocycles. The van der Waals surface area contributed by atoms with Crippen molar-refractivity contribution in [1.82, 2.24) is 19.9 Å². The van der Waals surface area contributed by atoms with Gasteiger partial charge in [-0.25, -0.2) is 9.50 Å². The second kappa shape index (κ2) is 5.04. The molecule has 0 bridgehead atoms. The van der Waals surface area contributed by atoms with Crippen molar-refractivity contribution in [3.63, 3.8) is 0 Å². The van der Waals surface area contributed by atoms with Gasteiger partial charge in [0, 0.05) is 43.2 Å². The summed E-state index contributed by atoms with van der Waals surface area (Å²) in [7, 11) is 0. The minimum Gasteiger partial charge on any atom is -0.380 e. The first-order chi connectivity index (χ1) is 8.81. The summed E-state index contributed by atoms with van der Waals surface area (Å²) in [5.74, 6) is 0. The highest BCUT2D eigenvalue weighted by Crippen LogP contribution is 2.08. The third-order valence-corrected chi connectivity index (χ3v) is 3.24. The zero-order valence-electron chi connectivity index (χ0n) is 10.6. The smallest absolute Gasteiger partial charge is 0.155 e. The SMILES string of the molecule is Cc1cc2ncc(CNC3CCCOC3)cn2n1. The first kappa shape index (κ1) is 11.6. The van der Waals surface area contributed by atoms with Crippen molar-refractivity contribution in [3.8, 4) is 0 Å². The van der Waals surface area contributed by atoms with Gasteiger partial charge >= 0.3 is 0 Å². The lowest BCUT2D eigenvalue weighted by Gasteiger charge is -2.23. The molecule has 0 amide bonds. The number of nitrogens with zero attached hydrogens (tertiary/aromatic N) is 3. The van der Waals surface area contributed by atoms with Crippen LogP contribution in [0.4, 0.5) is 0 Å². The van der Waals surface area contributed by atoms with Crippen LogP contribution in [0.15, 0.2) is 18.5 Å². The fourth-order valence-electron chi connectivity index (χ4n) is 2.29. The number of aromatic nitrogens is 3. The van der Waals surface area contributed by atoms with E-state index in [9.17, 15) is 0 Å². The largest absolute Gasteiger partial charge is 0.380 e. The Morgan fingerprint density at radius 2 is 2.50 bits per heavy atom. The van der Waals surface area contributed by atoms with Crippen molar-refractivity contribution < 1.29 is 4.74 Å². The lowest BCUT2D eigenvalue weighted by molar-refractivity contribution is 0.0699. The van der Waals surface area contributed by atoms with E-state index in [1.807, 2.05) is 29.9 Å². The van der Waals surface area contributed by atoms with Crippen LogP contribution in [0.25, 0.3) is 5.65 Å². The minimum atomic E-state index is 0.466. The van der Waals surface area contributed by atoms with Crippen LogP contribution < -0.4 is 5.32 Å². The lowest BCUT2D eigenvalue weighted by Crippen LogP contribution is -2.36. The quantitative estimate of drug-likeness (QED) is 0.887. The number of hydrogen-bond donors (Lipinski definition) is 1. The van der Waals surface area contributed by atoms with Gasteiger partial charge in [-0.15, -0.1) is 0 Å². The normalized spacial score (nSPS) is 20.4. The molecule has 3 heterocycles. The maximum absolute atomic E-state index is 5.45. The second-order valence-electron chi connectivity index (χ2n) is 4.85. The van der Waals surface area contributed by atoms with Gasteiger partial charge in [-0.2, -0.15) is 5.10 Å². The Labute approximate surface area is 106 Å². The zero-order chi connectivity index (χ0) is 12.4. The van der Waals surface area contributed by atoms with E-state index in [-0.39, 0.29) is 0 Å². The average molecular weight is 246 g/mol. The molecule has 0 radical (unpaired) electrons. The molecular weight excluding hydrogens is 228 g/mol. The van der Waals surface area contributed by atoms with Crippen LogP contribution in [-0.4, -0.2) is 33.9 Å². The van der Waals surface area contributed by atoms with E-state index < -0.39 is 0 Å². The summed E-state index contributed by atoms with van der Waals surface area (Å²) in [4.78, 5) is 4.39. The van der Waals surface area contributed by atoms with Crippen LogP contribution in [0.1, 0.15) is 24.1 Å². The van der Waals surface area contributed by atoms with Crippen molar-refractivity contribution in [2.45, 2.75) is 32.4 Å². The fourth-order valence-corrected chi connectivity index (χ4v) is 2.29. The van der Waals surface area contributed by atoms with Gasteiger partial charge in [0.2, 0.25) is 0 Å². The van der Waals surface area contributed by atoms with Gasteiger partial charge < -0.3 is 10.1 Å². The van der Waals surface area contributed by atoms with E-state index in [2.05, 4.69) is 15.4 Å². The number of aryl methyl sites for hydroxylation is 1. The van der Waals surface area contributed by atoms with Crippen molar-refractivity contribution in [3.05, 3.63) is 29.7 Å². The molecular formula is C13H18N4O. The first-order valence-electron chi connectivity index (χ1n) is 6.43. The Morgan fingerprint density at radius 1 is 1.56 bits per heavy atom. The van der Waals surface area contributed by atoms with E-state index in [1.54, 1.807) is 0 Å². The van der Waals surface area contributed by atoms with E-state index in [1.165, 1.54) is 6.42 Å². The monoisotopic (exact) mass is 246 g/mol. The Hall–Kier alpha value is -1.46. The summed E-state index contributed by atoms with van der Waals surface area (Å²) in [6.45, 7) is 4.51. The van der Waals surface area contributed by atoms with Crippen LogP contribution in [0.5, 0.6) is 0 Å². The average Bonchev–Trinajstić information content (AvgIpc) is 2.77. The van der Waals surface area contributed by atoms with Crippen LogP contribution in [-0.2, 0) is 11.3 Å². The van der Waals surface area contributed by atoms with Gasteiger partial charge in [0.15, 0.2) is 5.65 Å². The fraction of sp³-hybridized carbons (Fsp3) is 0.538. The highest BCUT2D eigenvalue weighted by molar-refractivity contribution is 5.38. The molecule has 3 rings (SSSR count). The van der Waals surface area contributed by atoms with Gasteiger partial charge in [0.25, 0.3) is 0 Å². The van der Waals surface area contributed by atoms with Gasteiger partial charge in [-0.1, -0.05) is 0 Å². The predicted octanol–water partition coefficient (Wildman–Crippen LogP) is 1.31. The van der Waals surface area contributed by atoms with E-state index in [0.717, 1.165) is 43.1 Å². The molecule has 2 aromatic rings. The maximum atomic E-state index is 5.45. The molecule has 2 aromatic heterocycles.